The molecule has 20 heavy (non-hydrogen) atoms. The highest BCUT2D eigenvalue weighted by atomic mass is 19.1. The average Bonchev–Trinajstić information content (AvgIpc) is 2.43. The first-order chi connectivity index (χ1) is 9.51. The van der Waals surface area contributed by atoms with Crippen molar-refractivity contribution < 1.29 is 9.18 Å². The van der Waals surface area contributed by atoms with Gasteiger partial charge in [-0.15, -0.1) is 0 Å². The molecule has 1 amide bonds. The SMILES string of the molecule is CCC(CC)C(CNC(=O)c1ccncc1F)N(C)C. The van der Waals surface area contributed by atoms with Gasteiger partial charge in [0, 0.05) is 18.8 Å². The lowest BCUT2D eigenvalue weighted by Gasteiger charge is -2.31. The van der Waals surface area contributed by atoms with Crippen LogP contribution in [0, 0.1) is 11.7 Å². The van der Waals surface area contributed by atoms with Crippen LogP contribution in [0.1, 0.15) is 37.0 Å². The minimum Gasteiger partial charge on any atom is -0.350 e. The van der Waals surface area contributed by atoms with Crippen LogP contribution in [0.3, 0.4) is 0 Å². The Hall–Kier alpha value is -1.49. The summed E-state index contributed by atoms with van der Waals surface area (Å²) in [6, 6.07) is 1.64. The van der Waals surface area contributed by atoms with Gasteiger partial charge in [0.2, 0.25) is 0 Å². The Morgan fingerprint density at radius 2 is 2.05 bits per heavy atom. The van der Waals surface area contributed by atoms with Gasteiger partial charge in [0.25, 0.3) is 5.91 Å². The van der Waals surface area contributed by atoms with E-state index in [4.69, 9.17) is 0 Å². The summed E-state index contributed by atoms with van der Waals surface area (Å²) >= 11 is 0. The molecule has 0 radical (unpaired) electrons. The molecule has 1 aromatic rings. The van der Waals surface area contributed by atoms with Crippen LogP contribution in [-0.2, 0) is 0 Å². The number of amides is 1. The van der Waals surface area contributed by atoms with Crippen molar-refractivity contribution in [1.29, 1.82) is 0 Å². The van der Waals surface area contributed by atoms with Gasteiger partial charge in [-0.3, -0.25) is 9.78 Å². The van der Waals surface area contributed by atoms with Gasteiger partial charge in [-0.1, -0.05) is 26.7 Å². The first kappa shape index (κ1) is 16.6. The number of likely N-dealkylation sites (N-methyl/N-ethyl adjacent to an activating group) is 1. The average molecular weight is 281 g/mol. The molecule has 0 saturated carbocycles. The third kappa shape index (κ3) is 4.27. The second-order valence-electron chi connectivity index (χ2n) is 5.17. The smallest absolute Gasteiger partial charge is 0.254 e. The lowest BCUT2D eigenvalue weighted by Crippen LogP contribution is -2.44. The molecule has 1 heterocycles. The maximum Gasteiger partial charge on any atom is 0.254 e. The van der Waals surface area contributed by atoms with E-state index in [2.05, 4.69) is 29.0 Å². The number of rotatable bonds is 7. The lowest BCUT2D eigenvalue weighted by atomic mass is 9.93. The summed E-state index contributed by atoms with van der Waals surface area (Å²) in [5.41, 5.74) is 0.0436. The van der Waals surface area contributed by atoms with Crippen molar-refractivity contribution in [2.45, 2.75) is 32.7 Å². The second kappa shape index (κ2) is 7.94. The van der Waals surface area contributed by atoms with Crippen molar-refractivity contribution in [2.24, 2.45) is 5.92 Å². The van der Waals surface area contributed by atoms with E-state index in [1.54, 1.807) is 0 Å². The van der Waals surface area contributed by atoms with E-state index in [1.165, 1.54) is 12.3 Å². The Labute approximate surface area is 120 Å². The number of nitrogens with one attached hydrogen (secondary N) is 1. The van der Waals surface area contributed by atoms with Crippen LogP contribution >= 0.6 is 0 Å². The maximum atomic E-state index is 13.5. The van der Waals surface area contributed by atoms with Crippen molar-refractivity contribution in [3.63, 3.8) is 0 Å². The van der Waals surface area contributed by atoms with Crippen molar-refractivity contribution >= 4 is 5.91 Å². The second-order valence-corrected chi connectivity index (χ2v) is 5.17. The fourth-order valence-electron chi connectivity index (χ4n) is 2.46. The minimum absolute atomic E-state index is 0.0436. The minimum atomic E-state index is -0.589. The maximum absolute atomic E-state index is 13.5. The molecule has 0 aliphatic rings. The van der Waals surface area contributed by atoms with E-state index < -0.39 is 5.82 Å². The van der Waals surface area contributed by atoms with Gasteiger partial charge >= 0.3 is 0 Å². The molecule has 1 aromatic heterocycles. The summed E-state index contributed by atoms with van der Waals surface area (Å²) in [4.78, 5) is 17.7. The first-order valence-electron chi connectivity index (χ1n) is 7.05. The van der Waals surface area contributed by atoms with Crippen molar-refractivity contribution in [1.82, 2.24) is 15.2 Å². The molecule has 1 rings (SSSR count). The van der Waals surface area contributed by atoms with Crippen LogP contribution in [0.4, 0.5) is 4.39 Å². The van der Waals surface area contributed by atoms with Gasteiger partial charge in [-0.25, -0.2) is 4.39 Å². The number of aromatic nitrogens is 1. The van der Waals surface area contributed by atoms with Crippen LogP contribution in [0.25, 0.3) is 0 Å². The molecule has 5 heteroatoms. The topological polar surface area (TPSA) is 45.2 Å². The molecule has 0 bridgehead atoms. The normalized spacial score (nSPS) is 12.8. The lowest BCUT2D eigenvalue weighted by molar-refractivity contribution is 0.0924. The molecule has 0 spiro atoms. The van der Waals surface area contributed by atoms with Crippen LogP contribution in [-0.4, -0.2) is 42.5 Å². The predicted molar refractivity (Wildman–Crippen MR) is 78.1 cm³/mol. The van der Waals surface area contributed by atoms with Gasteiger partial charge < -0.3 is 10.2 Å². The van der Waals surface area contributed by atoms with Crippen LogP contribution < -0.4 is 5.32 Å². The molecule has 0 aliphatic heterocycles. The zero-order valence-corrected chi connectivity index (χ0v) is 12.7. The number of nitrogens with zero attached hydrogens (tertiary/aromatic N) is 2. The first-order valence-corrected chi connectivity index (χ1v) is 7.05. The van der Waals surface area contributed by atoms with E-state index >= 15 is 0 Å². The summed E-state index contributed by atoms with van der Waals surface area (Å²) in [5, 5.41) is 2.82. The zero-order valence-electron chi connectivity index (χ0n) is 12.7. The molecule has 1 atom stereocenters. The molecule has 0 aliphatic carbocycles. The highest BCUT2D eigenvalue weighted by Crippen LogP contribution is 2.16. The van der Waals surface area contributed by atoms with E-state index in [0.717, 1.165) is 19.0 Å². The standard InChI is InChI=1S/C15H24FN3O/c1-5-11(6-2)14(19(3)4)10-18-15(20)12-7-8-17-9-13(12)16/h7-9,11,14H,5-6,10H2,1-4H3,(H,18,20). The van der Waals surface area contributed by atoms with E-state index in [-0.39, 0.29) is 17.5 Å². The van der Waals surface area contributed by atoms with Crippen LogP contribution in [0.2, 0.25) is 0 Å². The van der Waals surface area contributed by atoms with E-state index in [9.17, 15) is 9.18 Å². The largest absolute Gasteiger partial charge is 0.350 e. The van der Waals surface area contributed by atoms with Gasteiger partial charge in [-0.05, 0) is 26.1 Å². The Balaban J connectivity index is 2.68. The zero-order chi connectivity index (χ0) is 15.1. The van der Waals surface area contributed by atoms with Crippen molar-refractivity contribution in [2.75, 3.05) is 20.6 Å². The number of pyridine rings is 1. The van der Waals surface area contributed by atoms with Crippen LogP contribution in [0.5, 0.6) is 0 Å². The fourth-order valence-corrected chi connectivity index (χ4v) is 2.46. The summed E-state index contributed by atoms with van der Waals surface area (Å²) in [6.07, 6.45) is 4.58. The summed E-state index contributed by atoms with van der Waals surface area (Å²) in [7, 11) is 4.00. The Bertz CT molecular complexity index is 433. The molecule has 0 saturated heterocycles. The van der Waals surface area contributed by atoms with Crippen molar-refractivity contribution in [3.8, 4) is 0 Å². The molecule has 1 unspecified atom stereocenters. The summed E-state index contributed by atoms with van der Waals surface area (Å²) in [5.74, 6) is -0.468. The third-order valence-corrected chi connectivity index (χ3v) is 3.75. The molecular formula is C15H24FN3O. The Morgan fingerprint density at radius 1 is 1.40 bits per heavy atom. The predicted octanol–water partition coefficient (Wildman–Crippen LogP) is 2.32. The molecule has 0 aromatic carbocycles. The molecule has 4 nitrogen and oxygen atoms in total. The molecular weight excluding hydrogens is 257 g/mol. The number of halogens is 1. The highest BCUT2D eigenvalue weighted by Gasteiger charge is 2.22. The molecule has 0 fully saturated rings. The third-order valence-electron chi connectivity index (χ3n) is 3.75. The highest BCUT2D eigenvalue weighted by molar-refractivity contribution is 5.94. The molecule has 112 valence electrons. The monoisotopic (exact) mass is 281 g/mol. The quantitative estimate of drug-likeness (QED) is 0.834. The van der Waals surface area contributed by atoms with Crippen molar-refractivity contribution in [3.05, 3.63) is 29.8 Å². The van der Waals surface area contributed by atoms with E-state index in [0.29, 0.717) is 12.5 Å². The van der Waals surface area contributed by atoms with Gasteiger partial charge in [0.05, 0.1) is 11.8 Å². The van der Waals surface area contributed by atoms with Gasteiger partial charge in [0.1, 0.15) is 0 Å². The summed E-state index contributed by atoms with van der Waals surface area (Å²) < 4.78 is 13.5. The summed E-state index contributed by atoms with van der Waals surface area (Å²) in [6.45, 7) is 4.81. The fraction of sp³-hybridized carbons (Fsp3) is 0.600. The number of carbonyl (C=O) groups is 1. The van der Waals surface area contributed by atoms with Crippen LogP contribution in [0.15, 0.2) is 18.5 Å². The Kier molecular flexibility index (Phi) is 6.58. The number of hydrogen-bond donors (Lipinski definition) is 1. The van der Waals surface area contributed by atoms with Gasteiger partial charge in [0.15, 0.2) is 5.82 Å². The van der Waals surface area contributed by atoms with Gasteiger partial charge in [-0.2, -0.15) is 0 Å². The number of hydrogen-bond acceptors (Lipinski definition) is 3. The Morgan fingerprint density at radius 3 is 2.55 bits per heavy atom. The molecule has 1 N–H and O–H groups in total. The van der Waals surface area contributed by atoms with E-state index in [1.807, 2.05) is 14.1 Å². The number of carbonyl (C=O) groups excluding carboxylic acids is 1.